The molecule has 0 radical (unpaired) electrons. The minimum atomic E-state index is -2.95. The molecule has 0 atom stereocenters. The van der Waals surface area contributed by atoms with Gasteiger partial charge in [-0.25, -0.2) is 8.42 Å². The lowest BCUT2D eigenvalue weighted by atomic mass is 9.83. The molecule has 2 N–H and O–H groups in total. The Balaban J connectivity index is 0.00000338. The molecule has 8 heteroatoms. The predicted molar refractivity (Wildman–Crippen MR) is 118 cm³/mol. The fourth-order valence-electron chi connectivity index (χ4n) is 3.90. The Hall–Kier alpha value is -0.0900. The van der Waals surface area contributed by atoms with Crippen LogP contribution in [0, 0.1) is 10.8 Å². The van der Waals surface area contributed by atoms with Gasteiger partial charge in [0.1, 0.15) is 9.84 Å². The molecule has 0 saturated heterocycles. The molecular formula is C18H36IN3O3S. The molecule has 2 rings (SSSR count). The van der Waals surface area contributed by atoms with Gasteiger partial charge in [-0.05, 0) is 44.4 Å². The van der Waals surface area contributed by atoms with E-state index in [9.17, 15) is 8.42 Å². The molecule has 0 heterocycles. The monoisotopic (exact) mass is 501 g/mol. The zero-order chi connectivity index (χ0) is 18.4. The summed E-state index contributed by atoms with van der Waals surface area (Å²) < 4.78 is 28.5. The van der Waals surface area contributed by atoms with E-state index >= 15 is 0 Å². The molecule has 0 bridgehead atoms. The van der Waals surface area contributed by atoms with Gasteiger partial charge in [0.05, 0.1) is 5.75 Å². The second-order valence-corrected chi connectivity index (χ2v) is 10.2. The number of methoxy groups -OCH3 is 1. The highest BCUT2D eigenvalue weighted by Gasteiger charge is 2.45. The van der Waals surface area contributed by atoms with Crippen molar-refractivity contribution in [2.45, 2.75) is 51.9 Å². The number of sulfone groups is 1. The van der Waals surface area contributed by atoms with Gasteiger partial charge in [0.2, 0.25) is 0 Å². The summed E-state index contributed by atoms with van der Waals surface area (Å²) in [6, 6.07) is 0. The molecule has 2 saturated carbocycles. The van der Waals surface area contributed by atoms with Gasteiger partial charge in [0, 0.05) is 45.0 Å². The molecule has 0 spiro atoms. The lowest BCUT2D eigenvalue weighted by molar-refractivity contribution is 0.138. The van der Waals surface area contributed by atoms with Gasteiger partial charge < -0.3 is 15.4 Å². The molecular weight excluding hydrogens is 465 g/mol. The van der Waals surface area contributed by atoms with Crippen molar-refractivity contribution in [3.63, 3.8) is 0 Å². The Labute approximate surface area is 176 Å². The fourth-order valence-corrected chi connectivity index (χ4v) is 5.39. The lowest BCUT2D eigenvalue weighted by Crippen LogP contribution is -2.43. The first-order valence-electron chi connectivity index (χ1n) is 9.51. The van der Waals surface area contributed by atoms with Gasteiger partial charge in [0.15, 0.2) is 5.96 Å². The molecule has 0 aliphatic heterocycles. The van der Waals surface area contributed by atoms with Gasteiger partial charge >= 0.3 is 0 Å². The quantitative estimate of drug-likeness (QED) is 0.273. The molecule has 0 amide bonds. The number of hydrogen-bond donors (Lipinski definition) is 2. The van der Waals surface area contributed by atoms with Crippen LogP contribution >= 0.6 is 24.0 Å². The molecule has 0 aromatic rings. The number of nitrogens with one attached hydrogen (secondary N) is 2. The van der Waals surface area contributed by atoms with Crippen LogP contribution in [-0.2, 0) is 14.6 Å². The number of rotatable bonds is 10. The number of guanidine groups is 1. The molecule has 154 valence electrons. The van der Waals surface area contributed by atoms with E-state index in [1.165, 1.54) is 31.9 Å². The number of nitrogens with zero attached hydrogens (tertiary/aromatic N) is 1. The second kappa shape index (κ2) is 10.5. The van der Waals surface area contributed by atoms with E-state index in [-0.39, 0.29) is 35.1 Å². The van der Waals surface area contributed by atoms with E-state index < -0.39 is 9.84 Å². The van der Waals surface area contributed by atoms with E-state index in [4.69, 9.17) is 9.73 Å². The highest BCUT2D eigenvalue weighted by atomic mass is 127. The molecule has 2 aliphatic carbocycles. The van der Waals surface area contributed by atoms with E-state index in [0.717, 1.165) is 44.9 Å². The number of hydrogen-bond acceptors (Lipinski definition) is 4. The smallest absolute Gasteiger partial charge is 0.191 e. The van der Waals surface area contributed by atoms with Crippen LogP contribution in [0.3, 0.4) is 0 Å². The average molecular weight is 501 g/mol. The minimum Gasteiger partial charge on any atom is -0.385 e. The first-order chi connectivity index (χ1) is 11.8. The Morgan fingerprint density at radius 2 is 1.77 bits per heavy atom. The van der Waals surface area contributed by atoms with Gasteiger partial charge in [-0.1, -0.05) is 12.8 Å². The second-order valence-electron chi connectivity index (χ2n) is 8.07. The van der Waals surface area contributed by atoms with Crippen molar-refractivity contribution in [3.8, 4) is 0 Å². The van der Waals surface area contributed by atoms with Crippen LogP contribution in [-0.4, -0.2) is 59.7 Å². The maximum atomic E-state index is 11.6. The SMILES string of the molecule is CCNC(=NCC1(CS(C)(=O)=O)CC1)NCC1(CCOC)CCCC1.I. The Morgan fingerprint density at radius 3 is 2.27 bits per heavy atom. The molecule has 0 aromatic heterocycles. The number of ether oxygens (including phenoxy) is 1. The first kappa shape index (κ1) is 23.9. The summed E-state index contributed by atoms with van der Waals surface area (Å²) in [6.45, 7) is 5.14. The van der Waals surface area contributed by atoms with Crippen molar-refractivity contribution in [1.29, 1.82) is 0 Å². The van der Waals surface area contributed by atoms with E-state index in [1.54, 1.807) is 7.11 Å². The molecule has 0 unspecified atom stereocenters. The van der Waals surface area contributed by atoms with Gasteiger partial charge in [-0.3, -0.25) is 4.99 Å². The largest absolute Gasteiger partial charge is 0.385 e. The summed E-state index contributed by atoms with van der Waals surface area (Å²) in [4.78, 5) is 4.70. The first-order valence-corrected chi connectivity index (χ1v) is 11.6. The van der Waals surface area contributed by atoms with Crippen LogP contribution in [0.4, 0.5) is 0 Å². The number of halogens is 1. The lowest BCUT2D eigenvalue weighted by Gasteiger charge is -2.30. The van der Waals surface area contributed by atoms with Crippen LogP contribution in [0.2, 0.25) is 0 Å². The molecule has 6 nitrogen and oxygen atoms in total. The third-order valence-electron chi connectivity index (χ3n) is 5.57. The normalized spacial score (nSPS) is 21.1. The molecule has 2 aliphatic rings. The summed E-state index contributed by atoms with van der Waals surface area (Å²) in [5.41, 5.74) is 0.174. The van der Waals surface area contributed by atoms with Crippen molar-refractivity contribution in [2.24, 2.45) is 15.8 Å². The average Bonchev–Trinajstić information content (AvgIpc) is 3.13. The van der Waals surface area contributed by atoms with Crippen molar-refractivity contribution in [3.05, 3.63) is 0 Å². The van der Waals surface area contributed by atoms with Crippen molar-refractivity contribution < 1.29 is 13.2 Å². The zero-order valence-electron chi connectivity index (χ0n) is 16.5. The fraction of sp³-hybridized carbons (Fsp3) is 0.944. The molecule has 2 fully saturated rings. The van der Waals surface area contributed by atoms with Crippen molar-refractivity contribution in [1.82, 2.24) is 10.6 Å². The molecule has 0 aromatic carbocycles. The van der Waals surface area contributed by atoms with Crippen molar-refractivity contribution in [2.75, 3.05) is 45.4 Å². The molecule has 26 heavy (non-hydrogen) atoms. The minimum absolute atomic E-state index is 0. The van der Waals surface area contributed by atoms with Gasteiger partial charge in [-0.15, -0.1) is 24.0 Å². The summed E-state index contributed by atoms with van der Waals surface area (Å²) in [7, 11) is -1.19. The van der Waals surface area contributed by atoms with Gasteiger partial charge in [-0.2, -0.15) is 0 Å². The summed E-state index contributed by atoms with van der Waals surface area (Å²) in [5.74, 6) is 1.06. The standard InChI is InChI=1S/C18H35N3O3S.HI/c1-4-19-16(21-14-18(9-10-18)15-25(3,22)23)20-13-17(11-12-24-2)7-5-6-8-17;/h4-15H2,1-3H3,(H2,19,20,21);1H. The van der Waals surface area contributed by atoms with Crippen LogP contribution < -0.4 is 10.6 Å². The van der Waals surface area contributed by atoms with E-state index in [2.05, 4.69) is 17.6 Å². The predicted octanol–water partition coefficient (Wildman–Crippen LogP) is 2.58. The summed E-state index contributed by atoms with van der Waals surface area (Å²) in [5, 5.41) is 6.81. The van der Waals surface area contributed by atoms with E-state index in [1.807, 2.05) is 0 Å². The van der Waals surface area contributed by atoms with E-state index in [0.29, 0.717) is 12.0 Å². The van der Waals surface area contributed by atoms with Gasteiger partial charge in [0.25, 0.3) is 0 Å². The Bertz CT molecular complexity index is 556. The van der Waals surface area contributed by atoms with Crippen LogP contribution in [0.25, 0.3) is 0 Å². The summed E-state index contributed by atoms with van der Waals surface area (Å²) >= 11 is 0. The number of aliphatic imine (C=N–C) groups is 1. The summed E-state index contributed by atoms with van der Waals surface area (Å²) in [6.07, 6.45) is 9.37. The topological polar surface area (TPSA) is 79.8 Å². The maximum Gasteiger partial charge on any atom is 0.191 e. The third-order valence-corrected chi connectivity index (χ3v) is 6.71. The highest BCUT2D eigenvalue weighted by Crippen LogP contribution is 2.47. The Morgan fingerprint density at radius 1 is 1.12 bits per heavy atom. The van der Waals surface area contributed by atoms with Crippen LogP contribution in [0.15, 0.2) is 4.99 Å². The maximum absolute atomic E-state index is 11.6. The third kappa shape index (κ3) is 7.88. The Kier molecular flexibility index (Phi) is 9.63. The van der Waals surface area contributed by atoms with Crippen LogP contribution in [0.5, 0.6) is 0 Å². The highest BCUT2D eigenvalue weighted by molar-refractivity contribution is 14.0. The van der Waals surface area contributed by atoms with Crippen LogP contribution in [0.1, 0.15) is 51.9 Å². The van der Waals surface area contributed by atoms with Crippen molar-refractivity contribution >= 4 is 39.8 Å². The zero-order valence-corrected chi connectivity index (χ0v) is 19.6.